The number of anilines is 2. The molecular formula is C17H14F3N7O. The monoisotopic (exact) mass is 389 g/mol. The minimum absolute atomic E-state index is 0.266. The lowest BCUT2D eigenvalue weighted by molar-refractivity contribution is -0.0528. The maximum Gasteiger partial charge on any atom is 0.388 e. The van der Waals surface area contributed by atoms with Crippen molar-refractivity contribution in [2.45, 2.75) is 12.7 Å². The summed E-state index contributed by atoms with van der Waals surface area (Å²) in [7, 11) is 0. The SMILES string of the molecule is FC[C@@H](c1ccccc1)n1ncc2ncc(Nc3cc(OC(F)F)n[nH]3)nc21. The second kappa shape index (κ2) is 7.55. The molecule has 11 heteroatoms. The van der Waals surface area contributed by atoms with Crippen molar-refractivity contribution >= 4 is 22.8 Å². The highest BCUT2D eigenvalue weighted by Gasteiger charge is 2.19. The molecule has 4 aromatic rings. The highest BCUT2D eigenvalue weighted by Crippen LogP contribution is 2.24. The van der Waals surface area contributed by atoms with Crippen molar-refractivity contribution < 1.29 is 17.9 Å². The maximum atomic E-state index is 13.8. The van der Waals surface area contributed by atoms with E-state index in [0.29, 0.717) is 17.0 Å². The van der Waals surface area contributed by atoms with E-state index >= 15 is 0 Å². The van der Waals surface area contributed by atoms with Crippen molar-refractivity contribution in [2.24, 2.45) is 0 Å². The summed E-state index contributed by atoms with van der Waals surface area (Å²) in [6, 6.07) is 9.70. The molecule has 2 N–H and O–H groups in total. The zero-order valence-corrected chi connectivity index (χ0v) is 14.3. The third-order valence-electron chi connectivity index (χ3n) is 3.96. The van der Waals surface area contributed by atoms with Gasteiger partial charge in [0.05, 0.1) is 12.4 Å². The number of fused-ring (bicyclic) bond motifs is 1. The number of rotatable bonds is 7. The number of nitrogens with one attached hydrogen (secondary N) is 2. The molecule has 0 amide bonds. The molecular weight excluding hydrogens is 375 g/mol. The molecule has 0 saturated carbocycles. The molecule has 28 heavy (non-hydrogen) atoms. The first-order valence-corrected chi connectivity index (χ1v) is 8.22. The van der Waals surface area contributed by atoms with Gasteiger partial charge in [-0.05, 0) is 5.56 Å². The van der Waals surface area contributed by atoms with Crippen LogP contribution >= 0.6 is 0 Å². The number of nitrogens with zero attached hydrogens (tertiary/aromatic N) is 5. The average Bonchev–Trinajstić information content (AvgIpc) is 3.30. The highest BCUT2D eigenvalue weighted by atomic mass is 19.3. The Morgan fingerprint density at radius 3 is 2.75 bits per heavy atom. The lowest BCUT2D eigenvalue weighted by Gasteiger charge is -2.15. The molecule has 0 aliphatic heterocycles. The molecule has 0 spiro atoms. The molecule has 0 saturated heterocycles. The van der Waals surface area contributed by atoms with E-state index in [1.165, 1.54) is 23.1 Å². The van der Waals surface area contributed by atoms with Crippen molar-refractivity contribution in [3.05, 3.63) is 54.4 Å². The lowest BCUT2D eigenvalue weighted by Crippen LogP contribution is -2.15. The minimum Gasteiger partial charge on any atom is -0.415 e. The third kappa shape index (κ3) is 3.59. The Kier molecular flexibility index (Phi) is 4.79. The molecule has 0 unspecified atom stereocenters. The fourth-order valence-corrected chi connectivity index (χ4v) is 2.74. The lowest BCUT2D eigenvalue weighted by atomic mass is 10.1. The van der Waals surface area contributed by atoms with Crippen LogP contribution < -0.4 is 10.1 Å². The van der Waals surface area contributed by atoms with Gasteiger partial charge in [-0.2, -0.15) is 13.9 Å². The largest absolute Gasteiger partial charge is 0.415 e. The Morgan fingerprint density at radius 1 is 1.18 bits per heavy atom. The van der Waals surface area contributed by atoms with E-state index in [1.54, 1.807) is 0 Å². The van der Waals surface area contributed by atoms with Crippen LogP contribution in [-0.2, 0) is 0 Å². The van der Waals surface area contributed by atoms with Crippen molar-refractivity contribution in [3.63, 3.8) is 0 Å². The molecule has 8 nitrogen and oxygen atoms in total. The summed E-state index contributed by atoms with van der Waals surface area (Å²) in [5, 5.41) is 13.2. The van der Waals surface area contributed by atoms with Crippen LogP contribution in [0.15, 0.2) is 48.8 Å². The van der Waals surface area contributed by atoms with E-state index in [1.807, 2.05) is 30.3 Å². The van der Waals surface area contributed by atoms with Gasteiger partial charge in [-0.15, -0.1) is 5.10 Å². The molecule has 4 rings (SSSR count). The number of H-pyrrole nitrogens is 1. The molecule has 0 fully saturated rings. The minimum atomic E-state index is -2.97. The standard InChI is InChI=1S/C17H14F3N7O/c18-7-12(10-4-2-1-3-5-10)27-16-11(8-22-27)21-9-14(24-16)23-13-6-15(26-25-13)28-17(19)20/h1-6,8-9,12,17H,7H2,(H2,23,24,25,26)/t12-/m0/s1. The summed E-state index contributed by atoms with van der Waals surface area (Å²) in [5.74, 6) is 0.311. The van der Waals surface area contributed by atoms with Crippen LogP contribution in [0.2, 0.25) is 0 Å². The van der Waals surface area contributed by atoms with E-state index in [-0.39, 0.29) is 11.7 Å². The van der Waals surface area contributed by atoms with Gasteiger partial charge >= 0.3 is 6.61 Å². The van der Waals surface area contributed by atoms with Crippen LogP contribution in [0.25, 0.3) is 11.2 Å². The summed E-state index contributed by atoms with van der Waals surface area (Å²) < 4.78 is 43.9. The van der Waals surface area contributed by atoms with Gasteiger partial charge in [0.25, 0.3) is 0 Å². The van der Waals surface area contributed by atoms with E-state index < -0.39 is 19.3 Å². The first kappa shape index (κ1) is 17.8. The normalized spacial score (nSPS) is 12.4. The number of aromatic amines is 1. The van der Waals surface area contributed by atoms with Gasteiger partial charge in [-0.1, -0.05) is 30.3 Å². The fourth-order valence-electron chi connectivity index (χ4n) is 2.74. The molecule has 3 heterocycles. The predicted octanol–water partition coefficient (Wildman–Crippen LogP) is 3.45. The van der Waals surface area contributed by atoms with Gasteiger partial charge in [0.2, 0.25) is 5.88 Å². The Morgan fingerprint density at radius 2 is 2.00 bits per heavy atom. The van der Waals surface area contributed by atoms with Gasteiger partial charge in [-0.3, -0.25) is 5.10 Å². The van der Waals surface area contributed by atoms with Gasteiger partial charge in [-0.25, -0.2) is 19.0 Å². The Bertz CT molecular complexity index is 1070. The fraction of sp³-hybridized carbons (Fsp3) is 0.176. The number of hydrogen-bond acceptors (Lipinski definition) is 6. The second-order valence-electron chi connectivity index (χ2n) is 5.76. The van der Waals surface area contributed by atoms with Crippen molar-refractivity contribution in [1.82, 2.24) is 29.9 Å². The average molecular weight is 389 g/mol. The quantitative estimate of drug-likeness (QED) is 0.503. The Hall–Kier alpha value is -3.63. The molecule has 144 valence electrons. The number of hydrogen-bond donors (Lipinski definition) is 2. The van der Waals surface area contributed by atoms with Crippen LogP contribution in [-0.4, -0.2) is 43.2 Å². The Balaban J connectivity index is 1.63. The van der Waals surface area contributed by atoms with E-state index in [4.69, 9.17) is 0 Å². The van der Waals surface area contributed by atoms with Crippen LogP contribution in [0, 0.1) is 0 Å². The third-order valence-corrected chi connectivity index (χ3v) is 3.96. The smallest absolute Gasteiger partial charge is 0.388 e. The van der Waals surface area contributed by atoms with Gasteiger partial charge in [0, 0.05) is 6.07 Å². The van der Waals surface area contributed by atoms with Crippen molar-refractivity contribution in [3.8, 4) is 5.88 Å². The number of aromatic nitrogens is 6. The number of benzene rings is 1. The van der Waals surface area contributed by atoms with E-state index in [9.17, 15) is 13.2 Å². The van der Waals surface area contributed by atoms with Crippen molar-refractivity contribution in [1.29, 1.82) is 0 Å². The molecule has 0 radical (unpaired) electrons. The molecule has 0 aliphatic carbocycles. The molecule has 1 aromatic carbocycles. The molecule has 0 aliphatic rings. The van der Waals surface area contributed by atoms with Crippen LogP contribution in [0.1, 0.15) is 11.6 Å². The van der Waals surface area contributed by atoms with Gasteiger partial charge < -0.3 is 10.1 Å². The summed E-state index contributed by atoms with van der Waals surface area (Å²) >= 11 is 0. The van der Waals surface area contributed by atoms with Crippen LogP contribution in [0.3, 0.4) is 0 Å². The van der Waals surface area contributed by atoms with Gasteiger partial charge in [0.15, 0.2) is 11.5 Å². The van der Waals surface area contributed by atoms with Crippen LogP contribution in [0.5, 0.6) is 5.88 Å². The second-order valence-corrected chi connectivity index (χ2v) is 5.76. The first-order chi connectivity index (χ1) is 13.6. The van der Waals surface area contributed by atoms with E-state index in [0.717, 1.165) is 5.56 Å². The van der Waals surface area contributed by atoms with Crippen LogP contribution in [0.4, 0.5) is 24.8 Å². The zero-order valence-electron chi connectivity index (χ0n) is 14.3. The maximum absolute atomic E-state index is 13.8. The molecule has 0 bridgehead atoms. The molecule has 1 atom stereocenters. The topological polar surface area (TPSA) is 93.5 Å². The number of halogens is 3. The summed E-state index contributed by atoms with van der Waals surface area (Å²) in [6.45, 7) is -3.65. The number of ether oxygens (including phenoxy) is 1. The highest BCUT2D eigenvalue weighted by molar-refractivity contribution is 5.72. The summed E-state index contributed by atoms with van der Waals surface area (Å²) in [6.07, 6.45) is 2.94. The van der Waals surface area contributed by atoms with E-state index in [2.05, 4.69) is 35.3 Å². The molecule has 3 aromatic heterocycles. The summed E-state index contributed by atoms with van der Waals surface area (Å²) in [4.78, 5) is 8.67. The Labute approximate surface area is 156 Å². The van der Waals surface area contributed by atoms with Gasteiger partial charge in [0.1, 0.15) is 24.1 Å². The predicted molar refractivity (Wildman–Crippen MR) is 94.4 cm³/mol. The number of alkyl halides is 3. The zero-order chi connectivity index (χ0) is 19.5. The van der Waals surface area contributed by atoms with Crippen molar-refractivity contribution in [2.75, 3.05) is 12.0 Å². The summed E-state index contributed by atoms with van der Waals surface area (Å²) in [5.41, 5.74) is 1.61. The first-order valence-electron chi connectivity index (χ1n) is 8.22.